The number of pyridine rings is 1. The third kappa shape index (κ3) is 6.72. The average molecular weight is 692 g/mol. The van der Waals surface area contributed by atoms with Gasteiger partial charge < -0.3 is 0 Å². The summed E-state index contributed by atoms with van der Waals surface area (Å²) in [6, 6.07) is 56.1. The standard InChI is InChI=1S/C49H33N5/c50-32-33-27-43(35-14-20-37(21-15-35)46-13-7-8-26-51-46)31-44(28-33)42-25-19-36-18-24-41(29-45(36)30-42)34-16-22-40(23-17-34)49-53-47(38-9-3-1-4-10-38)52-48(54-49)39-11-5-2-6-12-39/h1-16,18-31,34H,17H2. The maximum atomic E-state index is 9.97. The highest BCUT2D eigenvalue weighted by molar-refractivity contribution is 5.89. The lowest BCUT2D eigenvalue weighted by Gasteiger charge is -2.18. The van der Waals surface area contributed by atoms with Crippen LogP contribution in [0.4, 0.5) is 0 Å². The van der Waals surface area contributed by atoms with Crippen LogP contribution in [0.15, 0.2) is 182 Å². The molecule has 1 aliphatic carbocycles. The SMILES string of the molecule is N#Cc1cc(-c2ccc(-c3ccccn3)cc2)cc(-c2ccc3ccc(C4C=CC(c5nc(-c6ccccc6)nc(-c6ccccc6)n5)=CC4)cc3c2)c1. The third-order valence-corrected chi connectivity index (χ3v) is 9.92. The van der Waals surface area contributed by atoms with E-state index in [1.54, 1.807) is 6.20 Å². The molecule has 0 amide bonds. The van der Waals surface area contributed by atoms with Crippen molar-refractivity contribution in [2.75, 3.05) is 0 Å². The Balaban J connectivity index is 0.993. The predicted molar refractivity (Wildman–Crippen MR) is 218 cm³/mol. The lowest BCUT2D eigenvalue weighted by molar-refractivity contribution is 0.855. The van der Waals surface area contributed by atoms with Crippen LogP contribution in [0.3, 0.4) is 0 Å². The topological polar surface area (TPSA) is 75.3 Å². The number of hydrogen-bond acceptors (Lipinski definition) is 5. The number of nitriles is 1. The highest BCUT2D eigenvalue weighted by Crippen LogP contribution is 2.35. The Bertz CT molecular complexity index is 2670. The second kappa shape index (κ2) is 14.4. The zero-order valence-corrected chi connectivity index (χ0v) is 29.3. The maximum absolute atomic E-state index is 9.97. The van der Waals surface area contributed by atoms with Crippen molar-refractivity contribution in [3.63, 3.8) is 0 Å². The number of aromatic nitrogens is 4. The van der Waals surface area contributed by atoms with Crippen molar-refractivity contribution in [2.24, 2.45) is 0 Å². The number of allylic oxidation sites excluding steroid dienone is 4. The lowest BCUT2D eigenvalue weighted by atomic mass is 9.88. The van der Waals surface area contributed by atoms with Crippen LogP contribution < -0.4 is 0 Å². The number of fused-ring (bicyclic) bond motifs is 1. The Hall–Kier alpha value is -7.29. The molecule has 2 heterocycles. The van der Waals surface area contributed by atoms with Gasteiger partial charge in [0.25, 0.3) is 0 Å². The summed E-state index contributed by atoms with van der Waals surface area (Å²) >= 11 is 0. The van der Waals surface area contributed by atoms with Gasteiger partial charge in [0.15, 0.2) is 17.5 Å². The van der Waals surface area contributed by atoms with Crippen molar-refractivity contribution in [1.29, 1.82) is 5.26 Å². The van der Waals surface area contributed by atoms with E-state index in [0.717, 1.165) is 62.0 Å². The Morgan fingerprint density at radius 2 is 1.13 bits per heavy atom. The maximum Gasteiger partial charge on any atom is 0.164 e. The van der Waals surface area contributed by atoms with E-state index in [4.69, 9.17) is 15.0 Å². The monoisotopic (exact) mass is 691 g/mol. The van der Waals surface area contributed by atoms with Crippen molar-refractivity contribution in [2.45, 2.75) is 12.3 Å². The van der Waals surface area contributed by atoms with Crippen LogP contribution in [0.25, 0.3) is 72.6 Å². The molecule has 9 rings (SSSR count). The van der Waals surface area contributed by atoms with E-state index in [2.05, 4.69) is 96.0 Å². The molecule has 1 unspecified atom stereocenters. The molecule has 0 aliphatic heterocycles. The zero-order chi connectivity index (χ0) is 36.3. The molecule has 0 N–H and O–H groups in total. The van der Waals surface area contributed by atoms with Crippen LogP contribution in [-0.2, 0) is 0 Å². The molecule has 6 aromatic carbocycles. The summed E-state index contributed by atoms with van der Waals surface area (Å²) in [6.45, 7) is 0. The molecule has 54 heavy (non-hydrogen) atoms. The van der Waals surface area contributed by atoms with Gasteiger partial charge in [0.05, 0.1) is 17.3 Å². The Morgan fingerprint density at radius 1 is 0.500 bits per heavy atom. The summed E-state index contributed by atoms with van der Waals surface area (Å²) in [5.41, 5.74) is 10.9. The fourth-order valence-electron chi connectivity index (χ4n) is 7.04. The molecule has 5 nitrogen and oxygen atoms in total. The second-order valence-electron chi connectivity index (χ2n) is 13.4. The van der Waals surface area contributed by atoms with Crippen LogP contribution in [0.1, 0.15) is 29.3 Å². The molecule has 5 heteroatoms. The first-order chi connectivity index (χ1) is 26.7. The summed E-state index contributed by atoms with van der Waals surface area (Å²) in [7, 11) is 0. The zero-order valence-electron chi connectivity index (χ0n) is 29.3. The highest BCUT2D eigenvalue weighted by atomic mass is 15.0. The van der Waals surface area contributed by atoms with Gasteiger partial charge in [-0.05, 0) is 81.4 Å². The van der Waals surface area contributed by atoms with Crippen molar-refractivity contribution in [3.05, 3.63) is 199 Å². The minimum Gasteiger partial charge on any atom is -0.256 e. The van der Waals surface area contributed by atoms with Crippen molar-refractivity contribution in [3.8, 4) is 62.4 Å². The molecular weight excluding hydrogens is 659 g/mol. The van der Waals surface area contributed by atoms with Crippen LogP contribution in [0, 0.1) is 11.3 Å². The van der Waals surface area contributed by atoms with Gasteiger partial charge in [-0.2, -0.15) is 5.26 Å². The van der Waals surface area contributed by atoms with E-state index < -0.39 is 0 Å². The highest BCUT2D eigenvalue weighted by Gasteiger charge is 2.17. The molecule has 8 aromatic rings. The van der Waals surface area contributed by atoms with Gasteiger partial charge in [-0.25, -0.2) is 15.0 Å². The van der Waals surface area contributed by atoms with Gasteiger partial charge in [-0.3, -0.25) is 4.98 Å². The molecule has 0 bridgehead atoms. The van der Waals surface area contributed by atoms with E-state index in [9.17, 15) is 5.26 Å². The van der Waals surface area contributed by atoms with Gasteiger partial charge in [-0.15, -0.1) is 0 Å². The molecular formula is C49H33N5. The lowest BCUT2D eigenvalue weighted by Crippen LogP contribution is -2.05. The van der Waals surface area contributed by atoms with Gasteiger partial charge in [-0.1, -0.05) is 140 Å². The summed E-state index contributed by atoms with van der Waals surface area (Å²) < 4.78 is 0. The first-order valence-corrected chi connectivity index (χ1v) is 18.0. The van der Waals surface area contributed by atoms with E-state index >= 15 is 0 Å². The minimum absolute atomic E-state index is 0.216. The smallest absolute Gasteiger partial charge is 0.164 e. The Morgan fingerprint density at radius 3 is 1.78 bits per heavy atom. The summed E-state index contributed by atoms with van der Waals surface area (Å²) in [4.78, 5) is 19.2. The fraction of sp³-hybridized carbons (Fsp3) is 0.0408. The van der Waals surface area contributed by atoms with E-state index in [1.165, 1.54) is 10.9 Å². The van der Waals surface area contributed by atoms with E-state index in [0.29, 0.717) is 23.0 Å². The molecule has 2 aromatic heterocycles. The first kappa shape index (κ1) is 32.6. The van der Waals surface area contributed by atoms with Crippen LogP contribution in [0.2, 0.25) is 0 Å². The summed E-state index contributed by atoms with van der Waals surface area (Å²) in [5, 5.41) is 12.3. The Labute approximate surface area is 314 Å². The van der Waals surface area contributed by atoms with E-state index in [-0.39, 0.29) is 5.92 Å². The van der Waals surface area contributed by atoms with Crippen LogP contribution in [-0.4, -0.2) is 19.9 Å². The van der Waals surface area contributed by atoms with Gasteiger partial charge >= 0.3 is 0 Å². The van der Waals surface area contributed by atoms with E-state index in [1.807, 2.05) is 91.0 Å². The van der Waals surface area contributed by atoms with Crippen LogP contribution >= 0.6 is 0 Å². The van der Waals surface area contributed by atoms with Gasteiger partial charge in [0, 0.05) is 34.4 Å². The molecule has 0 fully saturated rings. The van der Waals surface area contributed by atoms with Gasteiger partial charge in [0.1, 0.15) is 0 Å². The average Bonchev–Trinajstić information content (AvgIpc) is 3.26. The van der Waals surface area contributed by atoms with Crippen LogP contribution in [0.5, 0.6) is 0 Å². The quantitative estimate of drug-likeness (QED) is 0.166. The Kier molecular flexibility index (Phi) is 8.68. The number of benzene rings is 6. The third-order valence-electron chi connectivity index (χ3n) is 9.92. The summed E-state index contributed by atoms with van der Waals surface area (Å²) in [5.74, 6) is 2.20. The van der Waals surface area contributed by atoms with Crippen molar-refractivity contribution < 1.29 is 0 Å². The molecule has 0 saturated carbocycles. The molecule has 1 atom stereocenters. The minimum atomic E-state index is 0.216. The molecule has 0 radical (unpaired) electrons. The largest absolute Gasteiger partial charge is 0.256 e. The van der Waals surface area contributed by atoms with Crippen molar-refractivity contribution in [1.82, 2.24) is 19.9 Å². The molecule has 0 spiro atoms. The molecule has 0 saturated heterocycles. The number of rotatable bonds is 7. The molecule has 254 valence electrons. The van der Waals surface area contributed by atoms with Crippen molar-refractivity contribution >= 4 is 16.3 Å². The fourth-order valence-corrected chi connectivity index (χ4v) is 7.04. The normalized spacial score (nSPS) is 13.7. The van der Waals surface area contributed by atoms with Gasteiger partial charge in [0.2, 0.25) is 0 Å². The number of nitrogens with zero attached hydrogens (tertiary/aromatic N) is 5. The first-order valence-electron chi connectivity index (χ1n) is 18.0. The summed E-state index contributed by atoms with van der Waals surface area (Å²) in [6.07, 6.45) is 9.28. The molecule has 1 aliphatic rings. The predicted octanol–water partition coefficient (Wildman–Crippen LogP) is 11.8. The number of hydrogen-bond donors (Lipinski definition) is 0. The second-order valence-corrected chi connectivity index (χ2v) is 13.4.